The van der Waals surface area contributed by atoms with Gasteiger partial charge in [-0.05, 0) is 26.0 Å². The number of carbonyl (C=O) groups is 1. The first-order valence-electron chi connectivity index (χ1n) is 9.89. The highest BCUT2D eigenvalue weighted by molar-refractivity contribution is 5.76. The zero-order chi connectivity index (χ0) is 20.9. The molecule has 1 atom stereocenters. The van der Waals surface area contributed by atoms with Gasteiger partial charge in [-0.1, -0.05) is 53.7 Å². The monoisotopic (exact) mass is 401 g/mol. The zero-order valence-corrected chi connectivity index (χ0v) is 16.9. The molecule has 7 heteroatoms. The molecular weight excluding hydrogens is 378 g/mol. The van der Waals surface area contributed by atoms with Crippen LogP contribution >= 0.6 is 0 Å². The predicted octanol–water partition coefficient (Wildman–Crippen LogP) is 4.04. The second-order valence-electron chi connectivity index (χ2n) is 7.10. The molecule has 7 nitrogen and oxygen atoms in total. The lowest BCUT2D eigenvalue weighted by Gasteiger charge is -2.14. The number of amides is 1. The Morgan fingerprint density at radius 2 is 1.80 bits per heavy atom. The number of nitrogens with one attached hydrogen (secondary N) is 1. The van der Waals surface area contributed by atoms with E-state index in [0.29, 0.717) is 18.1 Å². The number of hydrogen-bond donors (Lipinski definition) is 1. The van der Waals surface area contributed by atoms with Crippen molar-refractivity contribution in [2.24, 2.45) is 0 Å². The van der Waals surface area contributed by atoms with Crippen LogP contribution in [-0.2, 0) is 11.2 Å². The van der Waals surface area contributed by atoms with Gasteiger partial charge in [-0.15, -0.1) is 0 Å². The summed E-state index contributed by atoms with van der Waals surface area (Å²) < 4.78 is 7.15. The van der Waals surface area contributed by atoms with Crippen LogP contribution in [0.5, 0.6) is 0 Å². The van der Waals surface area contributed by atoms with E-state index >= 15 is 0 Å². The van der Waals surface area contributed by atoms with Crippen LogP contribution in [0.2, 0.25) is 0 Å². The third kappa shape index (κ3) is 4.30. The Kier molecular flexibility index (Phi) is 5.70. The molecule has 30 heavy (non-hydrogen) atoms. The maximum absolute atomic E-state index is 12.4. The van der Waals surface area contributed by atoms with Crippen LogP contribution in [0.15, 0.2) is 71.4 Å². The summed E-state index contributed by atoms with van der Waals surface area (Å²) in [4.78, 5) is 16.8. The SMILES string of the molecule is Cc1c([C@H](C)NC(=O)CCc2nc(-c3ccccc3)no2)cnn1-c1ccccc1. The van der Waals surface area contributed by atoms with E-state index in [9.17, 15) is 4.79 Å². The number of benzene rings is 2. The minimum atomic E-state index is -0.155. The summed E-state index contributed by atoms with van der Waals surface area (Å²) in [5, 5.41) is 11.5. The summed E-state index contributed by atoms with van der Waals surface area (Å²) >= 11 is 0. The van der Waals surface area contributed by atoms with Gasteiger partial charge < -0.3 is 9.84 Å². The molecule has 2 aromatic carbocycles. The van der Waals surface area contributed by atoms with Gasteiger partial charge in [0, 0.05) is 29.7 Å². The average Bonchev–Trinajstić information content (AvgIpc) is 3.40. The predicted molar refractivity (Wildman–Crippen MR) is 113 cm³/mol. The van der Waals surface area contributed by atoms with Crippen molar-refractivity contribution in [3.05, 3.63) is 84.0 Å². The lowest BCUT2D eigenvalue weighted by atomic mass is 10.1. The fraction of sp³-hybridized carbons (Fsp3) is 0.217. The van der Waals surface area contributed by atoms with Crippen molar-refractivity contribution in [1.29, 1.82) is 0 Å². The first-order chi connectivity index (χ1) is 14.6. The molecule has 4 aromatic rings. The highest BCUT2D eigenvalue weighted by Crippen LogP contribution is 2.20. The van der Waals surface area contributed by atoms with Crippen LogP contribution in [0.3, 0.4) is 0 Å². The van der Waals surface area contributed by atoms with Crippen LogP contribution < -0.4 is 5.32 Å². The molecule has 0 saturated heterocycles. The summed E-state index contributed by atoms with van der Waals surface area (Å²) in [6.45, 7) is 3.96. The average molecular weight is 401 g/mol. The highest BCUT2D eigenvalue weighted by atomic mass is 16.5. The lowest BCUT2D eigenvalue weighted by Crippen LogP contribution is -2.27. The molecule has 1 amide bonds. The van der Waals surface area contributed by atoms with Crippen LogP contribution in [0.4, 0.5) is 0 Å². The van der Waals surface area contributed by atoms with Gasteiger partial charge in [0.1, 0.15) is 0 Å². The summed E-state index contributed by atoms with van der Waals surface area (Å²) in [5.41, 5.74) is 3.86. The maximum Gasteiger partial charge on any atom is 0.227 e. The quantitative estimate of drug-likeness (QED) is 0.505. The molecule has 2 aromatic heterocycles. The van der Waals surface area contributed by atoms with Crippen LogP contribution in [0.1, 0.15) is 36.5 Å². The Balaban J connectivity index is 1.35. The third-order valence-electron chi connectivity index (χ3n) is 4.96. The summed E-state index contributed by atoms with van der Waals surface area (Å²) in [6, 6.07) is 19.4. The van der Waals surface area contributed by atoms with Crippen LogP contribution in [0.25, 0.3) is 17.1 Å². The molecule has 0 aliphatic rings. The maximum atomic E-state index is 12.4. The zero-order valence-electron chi connectivity index (χ0n) is 16.9. The molecule has 1 N–H and O–H groups in total. The van der Waals surface area contributed by atoms with E-state index in [4.69, 9.17) is 4.52 Å². The molecule has 0 unspecified atom stereocenters. The second kappa shape index (κ2) is 8.73. The van der Waals surface area contributed by atoms with E-state index in [2.05, 4.69) is 20.6 Å². The second-order valence-corrected chi connectivity index (χ2v) is 7.10. The van der Waals surface area contributed by atoms with Gasteiger partial charge in [0.2, 0.25) is 17.6 Å². The molecule has 0 aliphatic carbocycles. The van der Waals surface area contributed by atoms with E-state index in [1.54, 1.807) is 6.20 Å². The van der Waals surface area contributed by atoms with Gasteiger partial charge in [-0.3, -0.25) is 4.79 Å². The van der Waals surface area contributed by atoms with Gasteiger partial charge in [0.05, 0.1) is 17.9 Å². The molecule has 2 heterocycles. The fourth-order valence-electron chi connectivity index (χ4n) is 3.35. The van der Waals surface area contributed by atoms with Gasteiger partial charge in [-0.25, -0.2) is 4.68 Å². The van der Waals surface area contributed by atoms with Gasteiger partial charge in [-0.2, -0.15) is 10.1 Å². The Morgan fingerprint density at radius 1 is 1.10 bits per heavy atom. The number of carbonyl (C=O) groups excluding carboxylic acids is 1. The lowest BCUT2D eigenvalue weighted by molar-refractivity contribution is -0.121. The molecule has 0 saturated carbocycles. The first-order valence-corrected chi connectivity index (χ1v) is 9.89. The molecular formula is C23H23N5O2. The van der Waals surface area contributed by atoms with Crippen molar-refractivity contribution in [3.8, 4) is 17.1 Å². The summed E-state index contributed by atoms with van der Waals surface area (Å²) in [7, 11) is 0. The fourth-order valence-corrected chi connectivity index (χ4v) is 3.35. The summed E-state index contributed by atoms with van der Waals surface area (Å²) in [6.07, 6.45) is 2.46. The smallest absolute Gasteiger partial charge is 0.227 e. The van der Waals surface area contributed by atoms with Crippen molar-refractivity contribution in [1.82, 2.24) is 25.2 Å². The Morgan fingerprint density at radius 3 is 2.53 bits per heavy atom. The van der Waals surface area contributed by atoms with E-state index in [-0.39, 0.29) is 18.4 Å². The Hall–Kier alpha value is -3.74. The van der Waals surface area contributed by atoms with Gasteiger partial charge >= 0.3 is 0 Å². The minimum absolute atomic E-state index is 0.0752. The molecule has 4 rings (SSSR count). The highest BCUT2D eigenvalue weighted by Gasteiger charge is 2.17. The van der Waals surface area contributed by atoms with E-state index in [0.717, 1.165) is 22.5 Å². The van der Waals surface area contributed by atoms with Crippen molar-refractivity contribution < 1.29 is 9.32 Å². The number of nitrogens with zero attached hydrogens (tertiary/aromatic N) is 4. The van der Waals surface area contributed by atoms with Gasteiger partial charge in [0.25, 0.3) is 0 Å². The number of rotatable bonds is 7. The Labute approximate surface area is 174 Å². The number of hydrogen-bond acceptors (Lipinski definition) is 5. The molecule has 0 radical (unpaired) electrons. The van der Waals surface area contributed by atoms with Crippen molar-refractivity contribution in [3.63, 3.8) is 0 Å². The molecule has 0 bridgehead atoms. The Bertz CT molecular complexity index is 1120. The minimum Gasteiger partial charge on any atom is -0.349 e. The normalized spacial score (nSPS) is 11.9. The molecule has 152 valence electrons. The van der Waals surface area contributed by atoms with Gasteiger partial charge in [0.15, 0.2) is 0 Å². The standard InChI is InChI=1S/C23H23N5O2/c1-16(20-15-24-28(17(20)2)19-11-7-4-8-12-19)25-21(29)13-14-22-26-23(27-30-22)18-9-5-3-6-10-18/h3-12,15-16H,13-14H2,1-2H3,(H,25,29)/t16-/m0/s1. The van der Waals surface area contributed by atoms with Crippen LogP contribution in [0, 0.1) is 6.92 Å². The topological polar surface area (TPSA) is 85.8 Å². The van der Waals surface area contributed by atoms with Crippen molar-refractivity contribution in [2.45, 2.75) is 32.7 Å². The largest absolute Gasteiger partial charge is 0.349 e. The molecule has 0 spiro atoms. The summed E-state index contributed by atoms with van der Waals surface area (Å²) in [5.74, 6) is 0.905. The first kappa shape index (κ1) is 19.6. The van der Waals surface area contributed by atoms with Crippen LogP contribution in [-0.4, -0.2) is 25.8 Å². The molecule has 0 aliphatic heterocycles. The number of aryl methyl sites for hydroxylation is 1. The van der Waals surface area contributed by atoms with E-state index in [1.807, 2.05) is 79.2 Å². The number of para-hydroxylation sites is 1. The number of aromatic nitrogens is 4. The van der Waals surface area contributed by atoms with E-state index < -0.39 is 0 Å². The third-order valence-corrected chi connectivity index (χ3v) is 4.96. The van der Waals surface area contributed by atoms with Crippen molar-refractivity contribution in [2.75, 3.05) is 0 Å². The molecule has 0 fully saturated rings. The van der Waals surface area contributed by atoms with E-state index in [1.165, 1.54) is 0 Å². The van der Waals surface area contributed by atoms with Crippen molar-refractivity contribution >= 4 is 5.91 Å².